The largest absolute Gasteiger partial charge is 0.497 e. The summed E-state index contributed by atoms with van der Waals surface area (Å²) in [5.41, 5.74) is 0.882. The summed E-state index contributed by atoms with van der Waals surface area (Å²) in [6.45, 7) is 4.95. The number of alkyl carbamates (subject to hydrolysis) is 1. The van der Waals surface area contributed by atoms with E-state index in [1.54, 1.807) is 51.1 Å². The van der Waals surface area contributed by atoms with E-state index in [0.29, 0.717) is 11.3 Å². The lowest BCUT2D eigenvalue weighted by Gasteiger charge is -2.25. The summed E-state index contributed by atoms with van der Waals surface area (Å²) in [6, 6.07) is 10.6. The third-order valence-corrected chi connectivity index (χ3v) is 6.37. The first-order valence-corrected chi connectivity index (χ1v) is 12.2. The summed E-state index contributed by atoms with van der Waals surface area (Å²) in [4.78, 5) is 37.6. The van der Waals surface area contributed by atoms with Gasteiger partial charge in [0.1, 0.15) is 23.4 Å². The SMILES string of the molecule is COc1ccc(S(=O)(=O)CC(NC(=O)C(NC(=O)OC(C)(C)C)c2ccccc2)C(=O)NO)cc1. The molecular formula is C23H29N3O8S. The minimum absolute atomic E-state index is 0.116. The van der Waals surface area contributed by atoms with Crippen molar-refractivity contribution in [1.29, 1.82) is 0 Å². The molecule has 12 heteroatoms. The fourth-order valence-electron chi connectivity index (χ4n) is 2.99. The zero-order chi connectivity index (χ0) is 26.2. The molecule has 0 spiro atoms. The predicted octanol–water partition coefficient (Wildman–Crippen LogP) is 1.73. The number of hydrogen-bond donors (Lipinski definition) is 4. The number of amides is 3. The topological polar surface area (TPSA) is 160 Å². The number of benzene rings is 2. The van der Waals surface area contributed by atoms with Gasteiger partial charge in [0.05, 0.1) is 17.8 Å². The lowest BCUT2D eigenvalue weighted by molar-refractivity contribution is -0.134. The van der Waals surface area contributed by atoms with Gasteiger partial charge in [0.25, 0.3) is 5.91 Å². The molecule has 0 bridgehead atoms. The molecule has 2 rings (SSSR count). The maximum atomic E-state index is 13.1. The molecule has 0 aliphatic heterocycles. The molecule has 2 atom stereocenters. The van der Waals surface area contributed by atoms with E-state index in [1.165, 1.54) is 36.9 Å². The number of methoxy groups -OCH3 is 1. The molecule has 0 aliphatic rings. The van der Waals surface area contributed by atoms with Crippen molar-refractivity contribution in [2.45, 2.75) is 43.4 Å². The molecular weight excluding hydrogens is 478 g/mol. The van der Waals surface area contributed by atoms with Crippen LogP contribution in [-0.2, 0) is 24.2 Å². The van der Waals surface area contributed by atoms with Crippen molar-refractivity contribution < 1.29 is 37.5 Å². The summed E-state index contributed by atoms with van der Waals surface area (Å²) in [5.74, 6) is -2.47. The lowest BCUT2D eigenvalue weighted by Crippen LogP contribution is -2.53. The van der Waals surface area contributed by atoms with E-state index in [2.05, 4.69) is 10.6 Å². The second-order valence-corrected chi connectivity index (χ2v) is 10.5. The summed E-state index contributed by atoms with van der Waals surface area (Å²) >= 11 is 0. The van der Waals surface area contributed by atoms with Crippen LogP contribution in [0.4, 0.5) is 4.79 Å². The second kappa shape index (κ2) is 11.7. The van der Waals surface area contributed by atoms with Crippen molar-refractivity contribution in [2.24, 2.45) is 0 Å². The highest BCUT2D eigenvalue weighted by Crippen LogP contribution is 2.19. The lowest BCUT2D eigenvalue weighted by atomic mass is 10.1. The highest BCUT2D eigenvalue weighted by molar-refractivity contribution is 7.91. The zero-order valence-electron chi connectivity index (χ0n) is 19.8. The van der Waals surface area contributed by atoms with Crippen LogP contribution >= 0.6 is 0 Å². The third-order valence-electron chi connectivity index (χ3n) is 4.60. The second-order valence-electron chi connectivity index (χ2n) is 8.48. The Bertz CT molecular complexity index is 1130. The summed E-state index contributed by atoms with van der Waals surface area (Å²) < 4.78 is 36.0. The monoisotopic (exact) mass is 507 g/mol. The van der Waals surface area contributed by atoms with Gasteiger partial charge in [-0.15, -0.1) is 0 Å². The van der Waals surface area contributed by atoms with Crippen molar-refractivity contribution in [3.05, 3.63) is 60.2 Å². The Kier molecular flexibility index (Phi) is 9.20. The van der Waals surface area contributed by atoms with Crippen molar-refractivity contribution in [3.63, 3.8) is 0 Å². The maximum Gasteiger partial charge on any atom is 0.408 e. The molecule has 0 fully saturated rings. The van der Waals surface area contributed by atoms with Gasteiger partial charge in [0.2, 0.25) is 5.91 Å². The first-order valence-electron chi connectivity index (χ1n) is 10.5. The minimum Gasteiger partial charge on any atom is -0.497 e. The van der Waals surface area contributed by atoms with Crippen LogP contribution in [0, 0.1) is 0 Å². The summed E-state index contributed by atoms with van der Waals surface area (Å²) in [6.07, 6.45) is -0.893. The Morgan fingerprint density at radius 3 is 2.06 bits per heavy atom. The van der Waals surface area contributed by atoms with Gasteiger partial charge in [-0.25, -0.2) is 18.7 Å². The smallest absolute Gasteiger partial charge is 0.408 e. The van der Waals surface area contributed by atoms with Crippen molar-refractivity contribution in [2.75, 3.05) is 12.9 Å². The third kappa shape index (κ3) is 8.26. The zero-order valence-corrected chi connectivity index (χ0v) is 20.6. The van der Waals surface area contributed by atoms with E-state index in [4.69, 9.17) is 14.7 Å². The van der Waals surface area contributed by atoms with Crippen molar-refractivity contribution in [3.8, 4) is 5.75 Å². The number of sulfone groups is 1. The van der Waals surface area contributed by atoms with Crippen LogP contribution in [0.5, 0.6) is 5.75 Å². The molecule has 2 aromatic carbocycles. The Morgan fingerprint density at radius 2 is 1.54 bits per heavy atom. The van der Waals surface area contributed by atoms with E-state index in [0.717, 1.165) is 0 Å². The van der Waals surface area contributed by atoms with Crippen LogP contribution in [-0.4, -0.2) is 56.0 Å². The molecule has 0 radical (unpaired) electrons. The van der Waals surface area contributed by atoms with Gasteiger partial charge in [-0.1, -0.05) is 30.3 Å². The first kappa shape index (κ1) is 27.6. The van der Waals surface area contributed by atoms with E-state index in [1.807, 2.05) is 0 Å². The van der Waals surface area contributed by atoms with Crippen LogP contribution in [0.1, 0.15) is 32.4 Å². The van der Waals surface area contributed by atoms with E-state index >= 15 is 0 Å². The Labute approximate surface area is 203 Å². The maximum absolute atomic E-state index is 13.1. The molecule has 11 nitrogen and oxygen atoms in total. The fraction of sp³-hybridized carbons (Fsp3) is 0.348. The molecule has 0 heterocycles. The van der Waals surface area contributed by atoms with Crippen LogP contribution in [0.15, 0.2) is 59.5 Å². The van der Waals surface area contributed by atoms with Gasteiger partial charge >= 0.3 is 6.09 Å². The first-order chi connectivity index (χ1) is 16.4. The molecule has 0 saturated heterocycles. The van der Waals surface area contributed by atoms with Gasteiger partial charge in [-0.2, -0.15) is 0 Å². The van der Waals surface area contributed by atoms with Crippen LogP contribution in [0.3, 0.4) is 0 Å². The van der Waals surface area contributed by atoms with E-state index < -0.39 is 51.2 Å². The van der Waals surface area contributed by atoms with E-state index in [9.17, 15) is 22.8 Å². The van der Waals surface area contributed by atoms with Gasteiger partial charge < -0.3 is 20.1 Å². The van der Waals surface area contributed by atoms with Gasteiger partial charge in [-0.05, 0) is 50.6 Å². The molecule has 4 N–H and O–H groups in total. The molecule has 35 heavy (non-hydrogen) atoms. The number of carbonyl (C=O) groups is 3. The molecule has 0 saturated carbocycles. The van der Waals surface area contributed by atoms with Crippen LogP contribution in [0.25, 0.3) is 0 Å². The Morgan fingerprint density at radius 1 is 0.943 bits per heavy atom. The van der Waals surface area contributed by atoms with E-state index in [-0.39, 0.29) is 4.90 Å². The predicted molar refractivity (Wildman–Crippen MR) is 125 cm³/mol. The highest BCUT2D eigenvalue weighted by atomic mass is 32.2. The minimum atomic E-state index is -4.08. The average molecular weight is 508 g/mol. The molecule has 3 amide bonds. The summed E-state index contributed by atoms with van der Waals surface area (Å²) in [7, 11) is -2.65. The number of hydrogen-bond acceptors (Lipinski definition) is 8. The number of ether oxygens (including phenoxy) is 2. The molecule has 190 valence electrons. The van der Waals surface area contributed by atoms with Crippen molar-refractivity contribution in [1.82, 2.24) is 16.1 Å². The summed E-state index contributed by atoms with van der Waals surface area (Å²) in [5, 5.41) is 13.9. The number of carbonyl (C=O) groups excluding carboxylic acids is 3. The number of nitrogens with one attached hydrogen (secondary N) is 3. The normalized spacial score (nSPS) is 13.2. The standard InChI is InChI=1S/C23H29N3O8S/c1-23(2,3)34-22(29)25-19(15-8-6-5-7-9-15)21(28)24-18(20(27)26-30)14-35(31,32)17-12-10-16(33-4)11-13-17/h5-13,18-19,30H,14H2,1-4H3,(H,24,28)(H,25,29)(H,26,27). The number of hydroxylamine groups is 1. The Balaban J connectivity index is 2.29. The van der Waals surface area contributed by atoms with Gasteiger partial charge in [0, 0.05) is 0 Å². The fourth-order valence-corrected chi connectivity index (χ4v) is 4.40. The molecule has 0 aliphatic carbocycles. The molecule has 2 unspecified atom stereocenters. The van der Waals surface area contributed by atoms with Gasteiger partial charge in [0.15, 0.2) is 9.84 Å². The number of rotatable bonds is 9. The quantitative estimate of drug-likeness (QED) is 0.295. The van der Waals surface area contributed by atoms with Gasteiger partial charge in [-0.3, -0.25) is 14.8 Å². The van der Waals surface area contributed by atoms with Crippen LogP contribution < -0.4 is 20.9 Å². The molecule has 2 aromatic rings. The average Bonchev–Trinajstić information content (AvgIpc) is 2.80. The highest BCUT2D eigenvalue weighted by Gasteiger charge is 2.32. The Hall–Kier alpha value is -3.64. The van der Waals surface area contributed by atoms with Crippen molar-refractivity contribution >= 4 is 27.7 Å². The molecule has 0 aromatic heterocycles. The van der Waals surface area contributed by atoms with Crippen LogP contribution in [0.2, 0.25) is 0 Å².